The Morgan fingerprint density at radius 3 is 2.94 bits per heavy atom. The normalized spacial score (nSPS) is 10.6. The number of aromatic nitrogens is 1. The van der Waals surface area contributed by atoms with E-state index in [1.165, 1.54) is 10.4 Å². The van der Waals surface area contributed by atoms with Crippen LogP contribution in [0.25, 0.3) is 0 Å². The third-order valence-electron chi connectivity index (χ3n) is 2.67. The lowest BCUT2D eigenvalue weighted by atomic mass is 10.2. The van der Waals surface area contributed by atoms with E-state index in [-0.39, 0.29) is 0 Å². The molecule has 1 N–H and O–H groups in total. The first-order valence-electron chi connectivity index (χ1n) is 6.05. The van der Waals surface area contributed by atoms with Crippen molar-refractivity contribution in [1.82, 2.24) is 10.3 Å². The van der Waals surface area contributed by atoms with Crippen LogP contribution in [0.4, 0.5) is 0 Å². The molecule has 3 nitrogen and oxygen atoms in total. The summed E-state index contributed by atoms with van der Waals surface area (Å²) in [6.07, 6.45) is 0. The first kappa shape index (κ1) is 13.1. The minimum Gasteiger partial charge on any atom is -0.492 e. The summed E-state index contributed by atoms with van der Waals surface area (Å²) in [7, 11) is 0. The zero-order chi connectivity index (χ0) is 12.8. The van der Waals surface area contributed by atoms with Crippen LogP contribution in [0.3, 0.4) is 0 Å². The van der Waals surface area contributed by atoms with Crippen LogP contribution in [0, 0.1) is 13.8 Å². The number of ether oxygens (including phenoxy) is 1. The first-order chi connectivity index (χ1) is 8.75. The maximum atomic E-state index is 5.66. The van der Waals surface area contributed by atoms with Gasteiger partial charge in [-0.3, -0.25) is 0 Å². The van der Waals surface area contributed by atoms with Crippen LogP contribution < -0.4 is 10.1 Å². The predicted molar refractivity (Wildman–Crippen MR) is 75.2 cm³/mol. The van der Waals surface area contributed by atoms with Crippen molar-refractivity contribution in [2.75, 3.05) is 13.2 Å². The van der Waals surface area contributed by atoms with Crippen LogP contribution in [0.1, 0.15) is 16.1 Å². The Kier molecular flexibility index (Phi) is 4.73. The minimum absolute atomic E-state index is 0.682. The maximum absolute atomic E-state index is 5.66. The number of thiazole rings is 1. The molecule has 0 atom stereocenters. The fourth-order valence-electron chi connectivity index (χ4n) is 1.64. The second kappa shape index (κ2) is 6.52. The maximum Gasteiger partial charge on any atom is 0.119 e. The summed E-state index contributed by atoms with van der Waals surface area (Å²) in [6, 6.07) is 8.12. The lowest BCUT2D eigenvalue weighted by molar-refractivity contribution is 0.313. The molecule has 0 bridgehead atoms. The SMILES string of the molecule is Cc1cccc(OCCNCc2scnc2C)c1. The van der Waals surface area contributed by atoms with E-state index in [9.17, 15) is 0 Å². The highest BCUT2D eigenvalue weighted by molar-refractivity contribution is 7.09. The topological polar surface area (TPSA) is 34.1 Å². The van der Waals surface area contributed by atoms with Crippen LogP contribution >= 0.6 is 11.3 Å². The lowest BCUT2D eigenvalue weighted by Crippen LogP contribution is -2.20. The molecule has 1 aromatic heterocycles. The molecule has 4 heteroatoms. The Hall–Kier alpha value is -1.39. The molecule has 2 aromatic rings. The molecule has 1 heterocycles. The third kappa shape index (κ3) is 3.82. The van der Waals surface area contributed by atoms with Crippen LogP contribution in [0.2, 0.25) is 0 Å². The fraction of sp³-hybridized carbons (Fsp3) is 0.357. The van der Waals surface area contributed by atoms with Crippen molar-refractivity contribution < 1.29 is 4.74 Å². The van der Waals surface area contributed by atoms with Crippen molar-refractivity contribution in [3.05, 3.63) is 45.9 Å². The smallest absolute Gasteiger partial charge is 0.119 e. The standard InChI is InChI=1S/C14H18N2OS/c1-11-4-3-5-13(8-11)17-7-6-15-9-14-12(2)16-10-18-14/h3-5,8,10,15H,6-7,9H2,1-2H3. The molecule has 0 aliphatic heterocycles. The summed E-state index contributed by atoms with van der Waals surface area (Å²) in [6.45, 7) is 6.49. The summed E-state index contributed by atoms with van der Waals surface area (Å²) in [5.74, 6) is 0.936. The number of aryl methyl sites for hydroxylation is 2. The summed E-state index contributed by atoms with van der Waals surface area (Å²) in [5, 5.41) is 3.36. The number of nitrogens with one attached hydrogen (secondary N) is 1. The second-order valence-electron chi connectivity index (χ2n) is 4.20. The largest absolute Gasteiger partial charge is 0.492 e. The van der Waals surface area contributed by atoms with Gasteiger partial charge in [-0.1, -0.05) is 12.1 Å². The van der Waals surface area contributed by atoms with Crippen molar-refractivity contribution in [3.63, 3.8) is 0 Å². The van der Waals surface area contributed by atoms with E-state index in [0.717, 1.165) is 24.5 Å². The number of hydrogen-bond donors (Lipinski definition) is 1. The van der Waals surface area contributed by atoms with Gasteiger partial charge >= 0.3 is 0 Å². The van der Waals surface area contributed by atoms with E-state index in [1.54, 1.807) is 11.3 Å². The number of rotatable bonds is 6. The monoisotopic (exact) mass is 262 g/mol. The quantitative estimate of drug-likeness (QED) is 0.813. The van der Waals surface area contributed by atoms with E-state index >= 15 is 0 Å². The average molecular weight is 262 g/mol. The van der Waals surface area contributed by atoms with Crippen LogP contribution in [0.15, 0.2) is 29.8 Å². The molecule has 0 amide bonds. The van der Waals surface area contributed by atoms with Gasteiger partial charge in [0, 0.05) is 18.0 Å². The summed E-state index contributed by atoms with van der Waals surface area (Å²) < 4.78 is 5.66. The van der Waals surface area contributed by atoms with Crippen LogP contribution in [-0.4, -0.2) is 18.1 Å². The van der Waals surface area contributed by atoms with Crippen LogP contribution in [-0.2, 0) is 6.54 Å². The van der Waals surface area contributed by atoms with Gasteiger partial charge in [0.15, 0.2) is 0 Å². The predicted octanol–water partition coefficient (Wildman–Crippen LogP) is 2.93. The fourth-order valence-corrected chi connectivity index (χ4v) is 2.39. The Balaban J connectivity index is 1.66. The molecule has 0 aliphatic rings. The molecule has 0 saturated carbocycles. The van der Waals surface area contributed by atoms with Gasteiger partial charge in [0.25, 0.3) is 0 Å². The molecule has 0 radical (unpaired) electrons. The molecule has 18 heavy (non-hydrogen) atoms. The number of benzene rings is 1. The lowest BCUT2D eigenvalue weighted by Gasteiger charge is -2.07. The van der Waals surface area contributed by atoms with Crippen molar-refractivity contribution in [1.29, 1.82) is 0 Å². The Labute approximate surface area is 112 Å². The highest BCUT2D eigenvalue weighted by Crippen LogP contribution is 2.12. The molecule has 0 spiro atoms. The van der Waals surface area contributed by atoms with E-state index < -0.39 is 0 Å². The van der Waals surface area contributed by atoms with Gasteiger partial charge < -0.3 is 10.1 Å². The summed E-state index contributed by atoms with van der Waals surface area (Å²) in [4.78, 5) is 5.52. The highest BCUT2D eigenvalue weighted by Gasteiger charge is 2.00. The van der Waals surface area contributed by atoms with Gasteiger partial charge in [-0.25, -0.2) is 4.98 Å². The molecular formula is C14H18N2OS. The molecule has 0 aliphatic carbocycles. The Morgan fingerprint density at radius 1 is 1.33 bits per heavy atom. The molecule has 96 valence electrons. The van der Waals surface area contributed by atoms with E-state index in [0.29, 0.717) is 6.61 Å². The Bertz CT molecular complexity index is 496. The van der Waals surface area contributed by atoms with Crippen molar-refractivity contribution in [3.8, 4) is 5.75 Å². The summed E-state index contributed by atoms with van der Waals surface area (Å²) in [5.41, 5.74) is 4.23. The van der Waals surface area contributed by atoms with Crippen LogP contribution in [0.5, 0.6) is 5.75 Å². The molecule has 0 fully saturated rings. The first-order valence-corrected chi connectivity index (χ1v) is 6.93. The highest BCUT2D eigenvalue weighted by atomic mass is 32.1. The molecule has 1 aromatic carbocycles. The Morgan fingerprint density at radius 2 is 2.22 bits per heavy atom. The van der Waals surface area contributed by atoms with Gasteiger partial charge in [0.05, 0.1) is 11.2 Å². The second-order valence-corrected chi connectivity index (χ2v) is 5.14. The summed E-state index contributed by atoms with van der Waals surface area (Å²) >= 11 is 1.69. The van der Waals surface area contributed by atoms with Gasteiger partial charge in [0.2, 0.25) is 0 Å². The van der Waals surface area contributed by atoms with Crippen molar-refractivity contribution in [2.45, 2.75) is 20.4 Å². The van der Waals surface area contributed by atoms with Gasteiger partial charge in [-0.05, 0) is 31.5 Å². The third-order valence-corrected chi connectivity index (χ3v) is 3.60. The van der Waals surface area contributed by atoms with Crippen molar-refractivity contribution in [2.24, 2.45) is 0 Å². The van der Waals surface area contributed by atoms with Gasteiger partial charge in [-0.2, -0.15) is 0 Å². The van der Waals surface area contributed by atoms with Gasteiger partial charge in [0.1, 0.15) is 12.4 Å². The molecule has 0 saturated heterocycles. The molecular weight excluding hydrogens is 244 g/mol. The zero-order valence-corrected chi connectivity index (χ0v) is 11.6. The number of hydrogen-bond acceptors (Lipinski definition) is 4. The van der Waals surface area contributed by atoms with E-state index in [2.05, 4.69) is 23.3 Å². The minimum atomic E-state index is 0.682. The average Bonchev–Trinajstić information content (AvgIpc) is 2.75. The van der Waals surface area contributed by atoms with Gasteiger partial charge in [-0.15, -0.1) is 11.3 Å². The van der Waals surface area contributed by atoms with E-state index in [4.69, 9.17) is 4.74 Å². The molecule has 0 unspecified atom stereocenters. The van der Waals surface area contributed by atoms with Crippen molar-refractivity contribution >= 4 is 11.3 Å². The zero-order valence-electron chi connectivity index (χ0n) is 10.8. The number of nitrogens with zero attached hydrogens (tertiary/aromatic N) is 1. The molecule has 2 rings (SSSR count). The van der Waals surface area contributed by atoms with E-state index in [1.807, 2.05) is 30.6 Å².